The van der Waals surface area contributed by atoms with Crippen LogP contribution < -0.4 is 0 Å². The summed E-state index contributed by atoms with van der Waals surface area (Å²) in [5, 5.41) is 10.1. The molecule has 0 fully saturated rings. The van der Waals surface area contributed by atoms with Crippen molar-refractivity contribution in [1.29, 1.82) is 0 Å². The normalized spacial score (nSPS) is 15.5. The Hall–Kier alpha value is -1.34. The van der Waals surface area contributed by atoms with E-state index in [1.165, 1.54) is 12.8 Å². The van der Waals surface area contributed by atoms with E-state index in [9.17, 15) is 5.11 Å². The predicted octanol–water partition coefficient (Wildman–Crippen LogP) is 4.20. The first-order valence-corrected chi connectivity index (χ1v) is 6.28. The third kappa shape index (κ3) is 6.08. The van der Waals surface area contributed by atoms with Crippen molar-refractivity contribution < 1.29 is 5.11 Å². The molecule has 0 aliphatic heterocycles. The van der Waals surface area contributed by atoms with Crippen LogP contribution in [0.3, 0.4) is 0 Å². The molecule has 1 N–H and O–H groups in total. The molecule has 0 bridgehead atoms. The molecule has 0 aliphatic carbocycles. The Bertz CT molecular complexity index is 360. The summed E-state index contributed by atoms with van der Waals surface area (Å²) in [6.45, 7) is 3.97. The maximum absolute atomic E-state index is 10.1. The Morgan fingerprint density at radius 3 is 2.53 bits per heavy atom. The lowest BCUT2D eigenvalue weighted by Gasteiger charge is -2.13. The van der Waals surface area contributed by atoms with Crippen LogP contribution in [0.2, 0.25) is 0 Å². The van der Waals surface area contributed by atoms with Gasteiger partial charge in [-0.3, -0.25) is 0 Å². The average molecular weight is 230 g/mol. The maximum Gasteiger partial charge on any atom is 0.0983 e. The summed E-state index contributed by atoms with van der Waals surface area (Å²) in [6.07, 6.45) is 11.1. The van der Waals surface area contributed by atoms with Crippen LogP contribution >= 0.6 is 0 Å². The lowest BCUT2D eigenvalue weighted by Crippen LogP contribution is -2.16. The Balaban J connectivity index is 2.54. The molecule has 0 aliphatic rings. The van der Waals surface area contributed by atoms with Crippen molar-refractivity contribution in [3.63, 3.8) is 0 Å². The zero-order chi connectivity index (χ0) is 12.6. The standard InChI is InChI=1S/C16H22O/c1-3-4-5-9-13-16(2,17)14-12-15-10-7-6-8-11-15/h6-14,17H,3-5H2,1-2H3/b13-9+,14-12+/t16-/m0/s1. The number of allylic oxidation sites excluding steroid dienone is 1. The fraction of sp³-hybridized carbons (Fsp3) is 0.375. The Labute approximate surface area is 104 Å². The minimum Gasteiger partial charge on any atom is -0.382 e. The second-order valence-corrected chi connectivity index (χ2v) is 4.51. The highest BCUT2D eigenvalue weighted by atomic mass is 16.3. The molecule has 0 unspecified atom stereocenters. The number of hydrogen-bond acceptors (Lipinski definition) is 1. The number of benzene rings is 1. The number of aliphatic hydroxyl groups is 1. The van der Waals surface area contributed by atoms with Crippen LogP contribution in [0.15, 0.2) is 48.6 Å². The van der Waals surface area contributed by atoms with Crippen LogP contribution in [-0.2, 0) is 0 Å². The molecule has 0 saturated carbocycles. The van der Waals surface area contributed by atoms with Crippen molar-refractivity contribution in [2.45, 2.75) is 38.7 Å². The predicted molar refractivity (Wildman–Crippen MR) is 74.8 cm³/mol. The molecule has 0 heterocycles. The summed E-state index contributed by atoms with van der Waals surface area (Å²) < 4.78 is 0. The van der Waals surface area contributed by atoms with E-state index in [2.05, 4.69) is 13.0 Å². The van der Waals surface area contributed by atoms with Crippen LogP contribution in [-0.4, -0.2) is 10.7 Å². The zero-order valence-electron chi connectivity index (χ0n) is 10.8. The van der Waals surface area contributed by atoms with E-state index in [-0.39, 0.29) is 0 Å². The van der Waals surface area contributed by atoms with Crippen molar-refractivity contribution in [1.82, 2.24) is 0 Å². The van der Waals surface area contributed by atoms with Crippen LogP contribution in [0.1, 0.15) is 38.7 Å². The lowest BCUT2D eigenvalue weighted by atomic mass is 10.0. The third-order valence-electron chi connectivity index (χ3n) is 2.59. The quantitative estimate of drug-likeness (QED) is 0.573. The Morgan fingerprint density at radius 1 is 1.18 bits per heavy atom. The summed E-state index contributed by atoms with van der Waals surface area (Å²) >= 11 is 0. The minimum atomic E-state index is -0.858. The molecule has 0 aromatic heterocycles. The van der Waals surface area contributed by atoms with Crippen LogP contribution in [0.4, 0.5) is 0 Å². The molecule has 0 saturated heterocycles. The molecule has 17 heavy (non-hydrogen) atoms. The molecule has 1 rings (SSSR count). The molecule has 1 aromatic carbocycles. The van der Waals surface area contributed by atoms with Gasteiger partial charge in [-0.1, -0.05) is 68.3 Å². The van der Waals surface area contributed by atoms with Crippen molar-refractivity contribution in [2.24, 2.45) is 0 Å². The van der Waals surface area contributed by atoms with Gasteiger partial charge in [0.25, 0.3) is 0 Å². The number of rotatable bonds is 6. The van der Waals surface area contributed by atoms with Gasteiger partial charge in [-0.15, -0.1) is 0 Å². The van der Waals surface area contributed by atoms with Gasteiger partial charge in [0.15, 0.2) is 0 Å². The summed E-state index contributed by atoms with van der Waals surface area (Å²) in [4.78, 5) is 0. The molecule has 92 valence electrons. The highest BCUT2D eigenvalue weighted by molar-refractivity contribution is 5.50. The first kappa shape index (κ1) is 13.7. The molecule has 0 spiro atoms. The van der Waals surface area contributed by atoms with E-state index < -0.39 is 5.60 Å². The van der Waals surface area contributed by atoms with Crippen molar-refractivity contribution >= 4 is 6.08 Å². The van der Waals surface area contributed by atoms with Gasteiger partial charge < -0.3 is 5.11 Å². The van der Waals surface area contributed by atoms with Crippen LogP contribution in [0.25, 0.3) is 6.08 Å². The highest BCUT2D eigenvalue weighted by Gasteiger charge is 2.10. The van der Waals surface area contributed by atoms with Crippen molar-refractivity contribution in [3.8, 4) is 0 Å². The molecule has 1 heteroatoms. The summed E-state index contributed by atoms with van der Waals surface area (Å²) in [6, 6.07) is 10.0. The van der Waals surface area contributed by atoms with E-state index in [1.807, 2.05) is 48.6 Å². The lowest BCUT2D eigenvalue weighted by molar-refractivity contribution is 0.164. The molecule has 1 atom stereocenters. The smallest absolute Gasteiger partial charge is 0.0983 e. The van der Waals surface area contributed by atoms with Crippen LogP contribution in [0.5, 0.6) is 0 Å². The molecular weight excluding hydrogens is 208 g/mol. The first-order valence-electron chi connectivity index (χ1n) is 6.28. The first-order chi connectivity index (χ1) is 8.14. The van der Waals surface area contributed by atoms with E-state index in [0.29, 0.717) is 0 Å². The van der Waals surface area contributed by atoms with E-state index in [1.54, 1.807) is 6.92 Å². The van der Waals surface area contributed by atoms with Gasteiger partial charge >= 0.3 is 0 Å². The van der Waals surface area contributed by atoms with Gasteiger partial charge in [0.05, 0.1) is 5.60 Å². The van der Waals surface area contributed by atoms with Gasteiger partial charge in [-0.25, -0.2) is 0 Å². The molecule has 1 aromatic rings. The van der Waals surface area contributed by atoms with Crippen LogP contribution in [0, 0.1) is 0 Å². The fourth-order valence-corrected chi connectivity index (χ4v) is 1.53. The number of unbranched alkanes of at least 4 members (excludes halogenated alkanes) is 2. The van der Waals surface area contributed by atoms with Gasteiger partial charge in [0.1, 0.15) is 0 Å². The minimum absolute atomic E-state index is 0.858. The van der Waals surface area contributed by atoms with Gasteiger partial charge in [-0.2, -0.15) is 0 Å². The Morgan fingerprint density at radius 2 is 1.88 bits per heavy atom. The summed E-state index contributed by atoms with van der Waals surface area (Å²) in [5.41, 5.74) is 0.249. The van der Waals surface area contributed by atoms with Crippen molar-refractivity contribution in [3.05, 3.63) is 54.1 Å². The summed E-state index contributed by atoms with van der Waals surface area (Å²) in [7, 11) is 0. The highest BCUT2D eigenvalue weighted by Crippen LogP contribution is 2.12. The van der Waals surface area contributed by atoms with Gasteiger partial charge in [0, 0.05) is 0 Å². The fourth-order valence-electron chi connectivity index (χ4n) is 1.53. The molecule has 0 radical (unpaired) electrons. The van der Waals surface area contributed by atoms with Gasteiger partial charge in [-0.05, 0) is 25.0 Å². The Kier molecular flexibility index (Phi) is 5.71. The maximum atomic E-state index is 10.1. The summed E-state index contributed by atoms with van der Waals surface area (Å²) in [5.74, 6) is 0. The largest absolute Gasteiger partial charge is 0.382 e. The topological polar surface area (TPSA) is 20.2 Å². The monoisotopic (exact) mass is 230 g/mol. The van der Waals surface area contributed by atoms with E-state index in [4.69, 9.17) is 0 Å². The molecule has 0 amide bonds. The second kappa shape index (κ2) is 7.08. The molecule has 1 nitrogen and oxygen atoms in total. The van der Waals surface area contributed by atoms with E-state index in [0.717, 1.165) is 12.0 Å². The van der Waals surface area contributed by atoms with E-state index >= 15 is 0 Å². The van der Waals surface area contributed by atoms with Crippen molar-refractivity contribution in [2.75, 3.05) is 0 Å². The third-order valence-corrected chi connectivity index (χ3v) is 2.59. The average Bonchev–Trinajstić information content (AvgIpc) is 2.34. The molecular formula is C16H22O. The second-order valence-electron chi connectivity index (χ2n) is 4.51. The van der Waals surface area contributed by atoms with Gasteiger partial charge in [0.2, 0.25) is 0 Å². The zero-order valence-corrected chi connectivity index (χ0v) is 10.8. The SMILES string of the molecule is CCCC/C=C/[C@](C)(O)/C=C/c1ccccc1. The number of hydrogen-bond donors (Lipinski definition) is 1.